The molecule has 0 saturated heterocycles. The quantitative estimate of drug-likeness (QED) is 0.0212. The van der Waals surface area contributed by atoms with Crippen molar-refractivity contribution in [2.24, 2.45) is 0 Å². The molecule has 0 aromatic carbocycles. The maximum Gasteiger partial charge on any atom is 0.361 e. The van der Waals surface area contributed by atoms with Crippen molar-refractivity contribution >= 4 is 17.9 Å². The Kier molecular flexibility index (Phi) is 41.0. The number of esters is 2. The van der Waals surface area contributed by atoms with Gasteiger partial charge in [-0.15, -0.1) is 0 Å². The van der Waals surface area contributed by atoms with Crippen LogP contribution in [0.1, 0.15) is 200 Å². The van der Waals surface area contributed by atoms with E-state index in [0.29, 0.717) is 23.9 Å². The lowest BCUT2D eigenvalue weighted by Crippen LogP contribution is -2.40. The molecule has 2 atom stereocenters. The largest absolute Gasteiger partial charge is 0.477 e. The van der Waals surface area contributed by atoms with E-state index in [1.807, 2.05) is 33.3 Å². The van der Waals surface area contributed by atoms with E-state index in [-0.39, 0.29) is 32.2 Å². The first-order valence-corrected chi connectivity index (χ1v) is 24.3. The van der Waals surface area contributed by atoms with Crippen LogP contribution in [-0.4, -0.2) is 87.4 Å². The van der Waals surface area contributed by atoms with Gasteiger partial charge < -0.3 is 28.5 Å². The number of likely N-dealkylation sites (N-methyl/N-ethyl adjacent to an activating group) is 1. The van der Waals surface area contributed by atoms with Crippen molar-refractivity contribution in [1.29, 1.82) is 0 Å². The van der Waals surface area contributed by atoms with Crippen molar-refractivity contribution in [3.63, 3.8) is 0 Å². The zero-order valence-corrected chi connectivity index (χ0v) is 39.4. The van der Waals surface area contributed by atoms with Gasteiger partial charge in [-0.1, -0.05) is 197 Å². The summed E-state index contributed by atoms with van der Waals surface area (Å²) >= 11 is 0. The summed E-state index contributed by atoms with van der Waals surface area (Å²) in [4.78, 5) is 37.1. The van der Waals surface area contributed by atoms with Gasteiger partial charge in [-0.25, -0.2) is 4.79 Å². The van der Waals surface area contributed by atoms with Crippen molar-refractivity contribution in [2.75, 3.05) is 47.5 Å². The van der Waals surface area contributed by atoms with E-state index in [2.05, 4.69) is 50.3 Å². The van der Waals surface area contributed by atoms with Crippen molar-refractivity contribution in [3.05, 3.63) is 48.6 Å². The Hall–Kier alpha value is -2.75. The molecule has 9 nitrogen and oxygen atoms in total. The molecule has 1 N–H and O–H groups in total. The van der Waals surface area contributed by atoms with Crippen molar-refractivity contribution in [2.45, 2.75) is 212 Å². The molecular formula is C51H92NO8+. The minimum Gasteiger partial charge on any atom is -0.477 e. The van der Waals surface area contributed by atoms with Crippen LogP contribution in [0.3, 0.4) is 0 Å². The number of rotatable bonds is 44. The molecule has 0 rings (SSSR count). The molecule has 0 heterocycles. The Morgan fingerprint density at radius 2 is 0.950 bits per heavy atom. The van der Waals surface area contributed by atoms with Crippen molar-refractivity contribution < 1.29 is 42.9 Å². The van der Waals surface area contributed by atoms with Crippen LogP contribution in [0.2, 0.25) is 0 Å². The second-order valence-corrected chi connectivity index (χ2v) is 17.4. The van der Waals surface area contributed by atoms with E-state index >= 15 is 0 Å². The molecule has 0 aromatic heterocycles. The zero-order chi connectivity index (χ0) is 44.2. The molecule has 0 spiro atoms. The highest BCUT2D eigenvalue weighted by Crippen LogP contribution is 2.16. The fraction of sp³-hybridized carbons (Fsp3) is 0.784. The minimum atomic E-state index is -1.53. The average molecular weight is 847 g/mol. The standard InChI is InChI=1S/C51H91NO8/c1-6-8-10-12-14-16-18-20-21-22-23-24-25-26-27-28-30-31-33-35-37-39-41-48(53)58-45-47(46-59-51(50(55)56)57-44-43-52(3,4)5)60-49(54)42-40-38-36-34-32-29-19-17-15-13-11-9-7-2/h9,11,15,17,29,32,36,38,47,51H,6-8,10,12-14,16,18-28,30-31,33-35,37,39-46H2,1-5H3/p+1/b11-9-,17-15-,32-29-,38-36-. The van der Waals surface area contributed by atoms with Gasteiger partial charge in [0, 0.05) is 12.8 Å². The van der Waals surface area contributed by atoms with Crippen molar-refractivity contribution in [1.82, 2.24) is 0 Å². The molecule has 0 radical (unpaired) electrons. The summed E-state index contributed by atoms with van der Waals surface area (Å²) in [6, 6.07) is 0. The summed E-state index contributed by atoms with van der Waals surface area (Å²) in [5.74, 6) is -2.11. The smallest absolute Gasteiger partial charge is 0.361 e. The molecule has 0 amide bonds. The molecule has 348 valence electrons. The Morgan fingerprint density at radius 3 is 1.38 bits per heavy atom. The maximum absolute atomic E-state index is 12.7. The Labute approximate surface area is 368 Å². The number of quaternary nitrogens is 1. The molecule has 0 aliphatic heterocycles. The number of allylic oxidation sites excluding steroid dienone is 8. The minimum absolute atomic E-state index is 0.139. The average Bonchev–Trinajstić information content (AvgIpc) is 3.21. The maximum atomic E-state index is 12.7. The Bertz CT molecular complexity index is 1120. The predicted molar refractivity (Wildman–Crippen MR) is 249 cm³/mol. The van der Waals surface area contributed by atoms with Gasteiger partial charge >= 0.3 is 17.9 Å². The highest BCUT2D eigenvalue weighted by atomic mass is 16.7. The van der Waals surface area contributed by atoms with Crippen LogP contribution in [0.4, 0.5) is 0 Å². The molecule has 0 aliphatic carbocycles. The van der Waals surface area contributed by atoms with Gasteiger partial charge in [0.15, 0.2) is 6.10 Å². The first-order valence-electron chi connectivity index (χ1n) is 24.3. The van der Waals surface area contributed by atoms with Gasteiger partial charge in [-0.05, 0) is 38.5 Å². The summed E-state index contributed by atoms with van der Waals surface area (Å²) in [7, 11) is 5.93. The third-order valence-corrected chi connectivity index (χ3v) is 10.4. The lowest BCUT2D eigenvalue weighted by atomic mass is 10.0. The molecule has 2 unspecified atom stereocenters. The molecule has 0 saturated carbocycles. The van der Waals surface area contributed by atoms with Crippen LogP contribution in [0, 0.1) is 0 Å². The molecule has 60 heavy (non-hydrogen) atoms. The fourth-order valence-corrected chi connectivity index (χ4v) is 6.61. The van der Waals surface area contributed by atoms with Gasteiger partial charge in [0.05, 0.1) is 34.4 Å². The number of carbonyl (C=O) groups is 3. The third-order valence-electron chi connectivity index (χ3n) is 10.4. The van der Waals surface area contributed by atoms with Gasteiger partial charge in [-0.2, -0.15) is 0 Å². The first kappa shape index (κ1) is 57.2. The zero-order valence-electron chi connectivity index (χ0n) is 39.4. The van der Waals surface area contributed by atoms with E-state index in [1.165, 1.54) is 122 Å². The summed E-state index contributed by atoms with van der Waals surface area (Å²) in [6.45, 7) is 4.68. The Balaban J connectivity index is 4.34. The lowest BCUT2D eigenvalue weighted by molar-refractivity contribution is -0.870. The molecule has 0 bridgehead atoms. The Morgan fingerprint density at radius 1 is 0.517 bits per heavy atom. The van der Waals surface area contributed by atoms with Crippen molar-refractivity contribution in [3.8, 4) is 0 Å². The van der Waals surface area contributed by atoms with Crippen LogP contribution in [0.25, 0.3) is 0 Å². The van der Waals surface area contributed by atoms with Crippen LogP contribution < -0.4 is 0 Å². The van der Waals surface area contributed by atoms with E-state index in [9.17, 15) is 19.5 Å². The monoisotopic (exact) mass is 847 g/mol. The highest BCUT2D eigenvalue weighted by Gasteiger charge is 2.25. The number of carbonyl (C=O) groups excluding carboxylic acids is 2. The normalized spacial score (nSPS) is 13.3. The molecular weight excluding hydrogens is 755 g/mol. The molecule has 9 heteroatoms. The highest BCUT2D eigenvalue weighted by molar-refractivity contribution is 5.71. The number of hydrogen-bond acceptors (Lipinski definition) is 7. The van der Waals surface area contributed by atoms with Crippen LogP contribution >= 0.6 is 0 Å². The summed E-state index contributed by atoms with van der Waals surface area (Å²) in [5.41, 5.74) is 0. The van der Waals surface area contributed by atoms with Crippen LogP contribution in [-0.2, 0) is 33.3 Å². The van der Waals surface area contributed by atoms with Gasteiger partial charge in [0.2, 0.25) is 0 Å². The topological polar surface area (TPSA) is 108 Å². The second-order valence-electron chi connectivity index (χ2n) is 17.4. The van der Waals surface area contributed by atoms with Gasteiger partial charge in [-0.3, -0.25) is 9.59 Å². The lowest BCUT2D eigenvalue weighted by Gasteiger charge is -2.25. The SMILES string of the molecule is CC/C=C\C/C=C\C/C=C\C/C=C\CCC(=O)OC(COC(=O)CCCCCCCCCCCCCCCCCCCCCCCC)COC(OCC[N+](C)(C)C)C(=O)O. The van der Waals surface area contributed by atoms with E-state index in [1.54, 1.807) is 0 Å². The number of carboxylic acid groups (broad SMARTS) is 1. The predicted octanol–water partition coefficient (Wildman–Crippen LogP) is 13.2. The van der Waals surface area contributed by atoms with E-state index in [0.717, 1.165) is 44.9 Å². The second kappa shape index (κ2) is 42.9. The number of unbranched alkanes of at least 4 members (excludes halogenated alkanes) is 21. The number of hydrogen-bond donors (Lipinski definition) is 1. The summed E-state index contributed by atoms with van der Waals surface area (Å²) in [5, 5.41) is 9.63. The van der Waals surface area contributed by atoms with E-state index in [4.69, 9.17) is 18.9 Å². The molecule has 0 aromatic rings. The van der Waals surface area contributed by atoms with Crippen LogP contribution in [0.15, 0.2) is 48.6 Å². The van der Waals surface area contributed by atoms with Gasteiger partial charge in [0.25, 0.3) is 6.29 Å². The van der Waals surface area contributed by atoms with E-state index < -0.39 is 24.3 Å². The van der Waals surface area contributed by atoms with Gasteiger partial charge in [0.1, 0.15) is 13.2 Å². The third kappa shape index (κ3) is 43.3. The summed E-state index contributed by atoms with van der Waals surface area (Å²) in [6.07, 6.45) is 47.8. The number of aliphatic carboxylic acids is 1. The number of ether oxygens (including phenoxy) is 4. The van der Waals surface area contributed by atoms with Crippen LogP contribution in [0.5, 0.6) is 0 Å². The number of carboxylic acids is 1. The molecule has 0 fully saturated rings. The first-order chi connectivity index (χ1) is 29.1. The fourth-order valence-electron chi connectivity index (χ4n) is 6.61. The number of nitrogens with zero attached hydrogens (tertiary/aromatic N) is 1. The summed E-state index contributed by atoms with van der Waals surface area (Å²) < 4.78 is 22.7. The molecule has 0 aliphatic rings.